The van der Waals surface area contributed by atoms with E-state index < -0.39 is 0 Å². The summed E-state index contributed by atoms with van der Waals surface area (Å²) < 4.78 is 0. The second-order valence-corrected chi connectivity index (χ2v) is 19.0. The Morgan fingerprint density at radius 2 is 0.474 bits per heavy atom. The molecule has 0 saturated carbocycles. The van der Waals surface area contributed by atoms with Crippen molar-refractivity contribution in [3.05, 3.63) is 296 Å². The van der Waals surface area contributed by atoms with Crippen molar-refractivity contribution in [1.82, 2.24) is 15.0 Å². The fraction of sp³-hybridized carbons (Fsp3) is 0.0282. The SMILES string of the molecule is Cc1cc(-c2ccc(N(c3ccccc3)c3ccccc3)cc2)ccc1-c1cc(-c2nc(-c3ccccc3)nc(-c3ccccc3)n2)cc(-c2ccc(-c3ccc(N(c4ccccc4)c4ccccc4)cc3)cc2C)c1. The van der Waals surface area contributed by atoms with Gasteiger partial charge in [0.15, 0.2) is 17.5 Å². The van der Waals surface area contributed by atoms with Crippen molar-refractivity contribution in [2.75, 3.05) is 9.80 Å². The zero-order valence-electron chi connectivity index (χ0n) is 42.4. The summed E-state index contributed by atoms with van der Waals surface area (Å²) in [6.45, 7) is 4.42. The van der Waals surface area contributed by atoms with Gasteiger partial charge in [0.2, 0.25) is 0 Å². The molecule has 12 aromatic rings. The highest BCUT2D eigenvalue weighted by Crippen LogP contribution is 2.41. The standard InChI is InChI=1S/C71H53N5/c1-50-45-56(52-33-39-65(40-34-52)75(61-25-13-5-14-26-61)62-27-15-6-16-28-62)37-43-67(50)58-47-59(49-60(48-58)71-73-69(54-21-9-3-10-22-54)72-70(74-71)55-23-11-4-12-24-55)68-44-38-57(46-51(68)2)53-35-41-66(42-36-53)76(63-29-17-7-18-30-63)64-31-19-8-20-32-64/h3-49H,1-2H3. The lowest BCUT2D eigenvalue weighted by Gasteiger charge is -2.25. The molecule has 0 atom stereocenters. The Hall–Kier alpha value is -9.97. The third-order valence-electron chi connectivity index (χ3n) is 13.9. The second kappa shape index (κ2) is 21.2. The van der Waals surface area contributed by atoms with E-state index in [4.69, 9.17) is 15.0 Å². The number of anilines is 6. The normalized spacial score (nSPS) is 11.0. The molecule has 0 saturated heterocycles. The molecule has 1 heterocycles. The zero-order valence-corrected chi connectivity index (χ0v) is 42.4. The van der Waals surface area contributed by atoms with Crippen molar-refractivity contribution < 1.29 is 0 Å². The lowest BCUT2D eigenvalue weighted by molar-refractivity contribution is 1.07. The first-order valence-electron chi connectivity index (χ1n) is 25.7. The van der Waals surface area contributed by atoms with E-state index in [9.17, 15) is 0 Å². The molecular formula is C71H53N5. The van der Waals surface area contributed by atoms with Crippen LogP contribution in [0.25, 0.3) is 78.7 Å². The minimum absolute atomic E-state index is 0.611. The first kappa shape index (κ1) is 47.1. The number of nitrogens with zero attached hydrogens (tertiary/aromatic N) is 5. The smallest absolute Gasteiger partial charge is 0.164 e. The number of benzene rings is 11. The number of para-hydroxylation sites is 4. The van der Waals surface area contributed by atoms with Gasteiger partial charge in [-0.3, -0.25) is 0 Å². The molecule has 0 unspecified atom stereocenters. The second-order valence-electron chi connectivity index (χ2n) is 19.0. The molecule has 362 valence electrons. The highest BCUT2D eigenvalue weighted by Gasteiger charge is 2.19. The Morgan fingerprint density at radius 3 is 0.789 bits per heavy atom. The van der Waals surface area contributed by atoms with Crippen molar-refractivity contribution in [3.8, 4) is 78.7 Å². The first-order chi connectivity index (χ1) is 37.5. The van der Waals surface area contributed by atoms with Crippen LogP contribution in [0.1, 0.15) is 11.1 Å². The number of aryl methyl sites for hydroxylation is 2. The molecule has 0 spiro atoms. The molecule has 76 heavy (non-hydrogen) atoms. The fourth-order valence-electron chi connectivity index (χ4n) is 10.1. The van der Waals surface area contributed by atoms with Gasteiger partial charge in [0, 0.05) is 50.8 Å². The summed E-state index contributed by atoms with van der Waals surface area (Å²) in [6.07, 6.45) is 0. The van der Waals surface area contributed by atoms with Crippen molar-refractivity contribution in [3.63, 3.8) is 0 Å². The molecule has 0 N–H and O–H groups in total. The van der Waals surface area contributed by atoms with Gasteiger partial charge >= 0.3 is 0 Å². The van der Waals surface area contributed by atoms with Gasteiger partial charge in [0.1, 0.15) is 0 Å². The lowest BCUT2D eigenvalue weighted by Crippen LogP contribution is -2.09. The molecule has 5 nitrogen and oxygen atoms in total. The summed E-state index contributed by atoms with van der Waals surface area (Å²) in [5.74, 6) is 1.86. The van der Waals surface area contributed by atoms with Crippen LogP contribution in [0.3, 0.4) is 0 Å². The minimum atomic E-state index is 0.611. The molecule has 12 rings (SSSR count). The maximum Gasteiger partial charge on any atom is 0.164 e. The Morgan fingerprint density at radius 1 is 0.211 bits per heavy atom. The van der Waals surface area contributed by atoms with Crippen LogP contribution in [-0.4, -0.2) is 15.0 Å². The summed E-state index contributed by atoms with van der Waals surface area (Å²) in [5, 5.41) is 0. The molecule has 0 aliphatic carbocycles. The van der Waals surface area contributed by atoms with Gasteiger partial charge < -0.3 is 9.80 Å². The lowest BCUT2D eigenvalue weighted by atomic mass is 9.90. The topological polar surface area (TPSA) is 45.2 Å². The van der Waals surface area contributed by atoms with Crippen molar-refractivity contribution >= 4 is 34.1 Å². The van der Waals surface area contributed by atoms with Gasteiger partial charge in [-0.15, -0.1) is 0 Å². The van der Waals surface area contributed by atoms with E-state index in [1.54, 1.807) is 0 Å². The van der Waals surface area contributed by atoms with E-state index in [0.29, 0.717) is 17.5 Å². The largest absolute Gasteiger partial charge is 0.311 e. The molecule has 0 amide bonds. The molecule has 5 heteroatoms. The Balaban J connectivity index is 0.927. The Bertz CT molecular complexity index is 3580. The monoisotopic (exact) mass is 975 g/mol. The van der Waals surface area contributed by atoms with E-state index >= 15 is 0 Å². The van der Waals surface area contributed by atoms with Gasteiger partial charge in [-0.25, -0.2) is 15.0 Å². The molecular weight excluding hydrogens is 923 g/mol. The zero-order chi connectivity index (χ0) is 51.2. The molecule has 0 radical (unpaired) electrons. The van der Waals surface area contributed by atoms with Crippen molar-refractivity contribution in [2.24, 2.45) is 0 Å². The summed E-state index contributed by atoms with van der Waals surface area (Å²) in [7, 11) is 0. The quantitative estimate of drug-likeness (QED) is 0.115. The Kier molecular flexibility index (Phi) is 13.2. The predicted octanol–water partition coefficient (Wildman–Crippen LogP) is 19.1. The number of rotatable bonds is 13. The van der Waals surface area contributed by atoms with E-state index in [0.717, 1.165) is 95.3 Å². The van der Waals surface area contributed by atoms with Crippen molar-refractivity contribution in [2.45, 2.75) is 13.8 Å². The van der Waals surface area contributed by atoms with Crippen LogP contribution in [0.15, 0.2) is 285 Å². The third-order valence-corrected chi connectivity index (χ3v) is 13.9. The first-order valence-corrected chi connectivity index (χ1v) is 25.7. The highest BCUT2D eigenvalue weighted by molar-refractivity contribution is 5.86. The van der Waals surface area contributed by atoms with Crippen LogP contribution >= 0.6 is 0 Å². The number of hydrogen-bond donors (Lipinski definition) is 0. The van der Waals surface area contributed by atoms with E-state index in [2.05, 4.69) is 272 Å². The van der Waals surface area contributed by atoms with E-state index in [-0.39, 0.29) is 0 Å². The number of aromatic nitrogens is 3. The molecule has 0 fully saturated rings. The molecule has 0 aliphatic heterocycles. The molecule has 1 aromatic heterocycles. The van der Waals surface area contributed by atoms with Gasteiger partial charge in [-0.1, -0.05) is 194 Å². The molecule has 11 aromatic carbocycles. The van der Waals surface area contributed by atoms with Gasteiger partial charge in [-0.05, 0) is 160 Å². The van der Waals surface area contributed by atoms with Crippen LogP contribution in [0, 0.1) is 13.8 Å². The number of hydrogen-bond acceptors (Lipinski definition) is 5. The average Bonchev–Trinajstić information content (AvgIpc) is 3.51. The van der Waals surface area contributed by atoms with E-state index in [1.807, 2.05) is 36.4 Å². The third kappa shape index (κ3) is 9.93. The minimum Gasteiger partial charge on any atom is -0.311 e. The summed E-state index contributed by atoms with van der Waals surface area (Å²) in [5.41, 5.74) is 20.8. The maximum absolute atomic E-state index is 5.21. The van der Waals surface area contributed by atoms with Crippen LogP contribution in [0.5, 0.6) is 0 Å². The van der Waals surface area contributed by atoms with Crippen molar-refractivity contribution in [1.29, 1.82) is 0 Å². The summed E-state index contributed by atoms with van der Waals surface area (Å²) in [6, 6.07) is 101. The van der Waals surface area contributed by atoms with Gasteiger partial charge in [0.25, 0.3) is 0 Å². The average molecular weight is 976 g/mol. The predicted molar refractivity (Wildman–Crippen MR) is 317 cm³/mol. The van der Waals surface area contributed by atoms with E-state index in [1.165, 1.54) is 11.1 Å². The van der Waals surface area contributed by atoms with Crippen LogP contribution in [0.4, 0.5) is 34.1 Å². The summed E-state index contributed by atoms with van der Waals surface area (Å²) >= 11 is 0. The van der Waals surface area contributed by atoms with Crippen LogP contribution in [-0.2, 0) is 0 Å². The highest BCUT2D eigenvalue weighted by atomic mass is 15.1. The molecule has 0 bridgehead atoms. The summed E-state index contributed by atoms with van der Waals surface area (Å²) in [4.78, 5) is 20.0. The van der Waals surface area contributed by atoms with Crippen LogP contribution < -0.4 is 9.80 Å². The molecule has 0 aliphatic rings. The maximum atomic E-state index is 5.21. The fourth-order valence-corrected chi connectivity index (χ4v) is 10.1. The van der Waals surface area contributed by atoms with Gasteiger partial charge in [-0.2, -0.15) is 0 Å². The Labute approximate surface area is 445 Å². The van der Waals surface area contributed by atoms with Crippen LogP contribution in [0.2, 0.25) is 0 Å². The van der Waals surface area contributed by atoms with Gasteiger partial charge in [0.05, 0.1) is 0 Å².